The predicted octanol–water partition coefficient (Wildman–Crippen LogP) is 5.13. The molecule has 3 rings (SSSR count). The Morgan fingerprint density at radius 2 is 1.88 bits per heavy atom. The SMILES string of the molecule is CC(=O)c1cccc(NC(=O)[C@H](C)Sc2nc(-c3ccccc3)cs2)c1. The topological polar surface area (TPSA) is 59.1 Å². The van der Waals surface area contributed by atoms with Crippen LogP contribution in [0, 0.1) is 0 Å². The molecule has 132 valence electrons. The van der Waals surface area contributed by atoms with Gasteiger partial charge in [-0.15, -0.1) is 11.3 Å². The van der Waals surface area contributed by atoms with Gasteiger partial charge in [-0.1, -0.05) is 54.2 Å². The van der Waals surface area contributed by atoms with Crippen molar-refractivity contribution in [3.05, 3.63) is 65.5 Å². The van der Waals surface area contributed by atoms with E-state index in [1.165, 1.54) is 30.0 Å². The molecule has 0 spiro atoms. The summed E-state index contributed by atoms with van der Waals surface area (Å²) in [4.78, 5) is 28.5. The monoisotopic (exact) mass is 382 g/mol. The van der Waals surface area contributed by atoms with Gasteiger partial charge in [0, 0.05) is 22.2 Å². The molecule has 1 atom stereocenters. The smallest absolute Gasteiger partial charge is 0.237 e. The van der Waals surface area contributed by atoms with E-state index in [0.29, 0.717) is 11.3 Å². The molecular weight excluding hydrogens is 364 g/mol. The molecule has 0 aliphatic rings. The lowest BCUT2D eigenvalue weighted by Crippen LogP contribution is -2.22. The maximum atomic E-state index is 12.4. The fourth-order valence-electron chi connectivity index (χ4n) is 2.32. The van der Waals surface area contributed by atoms with Gasteiger partial charge in [0.15, 0.2) is 10.1 Å². The Morgan fingerprint density at radius 1 is 1.12 bits per heavy atom. The van der Waals surface area contributed by atoms with Crippen molar-refractivity contribution in [1.29, 1.82) is 0 Å². The standard InChI is InChI=1S/C20H18N2O2S2/c1-13(23)16-9-6-10-17(11-16)21-19(24)14(2)26-20-22-18(12-25-20)15-7-4-3-5-8-15/h3-12,14H,1-2H3,(H,21,24)/t14-/m0/s1. The van der Waals surface area contributed by atoms with E-state index in [-0.39, 0.29) is 16.9 Å². The van der Waals surface area contributed by atoms with Gasteiger partial charge in [-0.2, -0.15) is 0 Å². The molecule has 2 aromatic carbocycles. The van der Waals surface area contributed by atoms with Gasteiger partial charge < -0.3 is 5.32 Å². The van der Waals surface area contributed by atoms with Crippen LogP contribution in [-0.4, -0.2) is 21.9 Å². The first-order chi connectivity index (χ1) is 12.5. The van der Waals surface area contributed by atoms with E-state index in [1.54, 1.807) is 24.3 Å². The van der Waals surface area contributed by atoms with Gasteiger partial charge in [-0.25, -0.2) is 4.98 Å². The van der Waals surface area contributed by atoms with Gasteiger partial charge in [0.25, 0.3) is 0 Å². The number of amides is 1. The zero-order chi connectivity index (χ0) is 18.5. The minimum absolute atomic E-state index is 0.0280. The first-order valence-corrected chi connectivity index (χ1v) is 9.88. The zero-order valence-electron chi connectivity index (χ0n) is 14.4. The number of benzene rings is 2. The average molecular weight is 383 g/mol. The third kappa shape index (κ3) is 4.59. The zero-order valence-corrected chi connectivity index (χ0v) is 16.1. The van der Waals surface area contributed by atoms with Crippen molar-refractivity contribution < 1.29 is 9.59 Å². The van der Waals surface area contributed by atoms with Crippen molar-refractivity contribution in [3.63, 3.8) is 0 Å². The summed E-state index contributed by atoms with van der Waals surface area (Å²) in [6, 6.07) is 16.9. The molecule has 6 heteroatoms. The molecule has 26 heavy (non-hydrogen) atoms. The number of ketones is 1. The summed E-state index contributed by atoms with van der Waals surface area (Å²) in [5, 5.41) is 4.56. The number of thioether (sulfide) groups is 1. The third-order valence-corrected chi connectivity index (χ3v) is 5.81. The van der Waals surface area contributed by atoms with Gasteiger partial charge in [0.2, 0.25) is 5.91 Å². The lowest BCUT2D eigenvalue weighted by Gasteiger charge is -2.11. The Balaban J connectivity index is 1.64. The largest absolute Gasteiger partial charge is 0.325 e. The maximum Gasteiger partial charge on any atom is 0.237 e. The number of aromatic nitrogens is 1. The van der Waals surface area contributed by atoms with E-state index in [4.69, 9.17) is 0 Å². The highest BCUT2D eigenvalue weighted by Crippen LogP contribution is 2.31. The fraction of sp³-hybridized carbons (Fsp3) is 0.150. The molecule has 1 N–H and O–H groups in total. The van der Waals surface area contributed by atoms with Crippen LogP contribution in [0.25, 0.3) is 11.3 Å². The van der Waals surface area contributed by atoms with Crippen molar-refractivity contribution in [2.75, 3.05) is 5.32 Å². The number of carbonyl (C=O) groups excluding carboxylic acids is 2. The molecule has 0 saturated heterocycles. The molecular formula is C20H18N2O2S2. The predicted molar refractivity (Wildman–Crippen MR) is 108 cm³/mol. The summed E-state index contributed by atoms with van der Waals surface area (Å²) in [7, 11) is 0. The normalized spacial score (nSPS) is 11.8. The fourth-order valence-corrected chi connectivity index (χ4v) is 4.29. The van der Waals surface area contributed by atoms with E-state index >= 15 is 0 Å². The molecule has 1 heterocycles. The number of carbonyl (C=O) groups is 2. The number of anilines is 1. The Kier molecular flexibility index (Phi) is 5.85. The number of hydrogen-bond acceptors (Lipinski definition) is 5. The van der Waals surface area contributed by atoms with E-state index in [1.807, 2.05) is 42.6 Å². The average Bonchev–Trinajstić information content (AvgIpc) is 3.11. The Morgan fingerprint density at radius 3 is 2.62 bits per heavy atom. The third-order valence-electron chi connectivity index (χ3n) is 3.74. The summed E-state index contributed by atoms with van der Waals surface area (Å²) < 4.78 is 0.851. The number of Topliss-reactive ketones (excluding diaryl/α,β-unsaturated/α-hetero) is 1. The van der Waals surface area contributed by atoms with E-state index in [2.05, 4.69) is 10.3 Å². The summed E-state index contributed by atoms with van der Waals surface area (Å²) in [6.45, 7) is 3.35. The van der Waals surface area contributed by atoms with Crippen molar-refractivity contribution in [3.8, 4) is 11.3 Å². The van der Waals surface area contributed by atoms with Gasteiger partial charge >= 0.3 is 0 Å². The second-order valence-electron chi connectivity index (χ2n) is 5.75. The molecule has 0 bridgehead atoms. The number of hydrogen-bond donors (Lipinski definition) is 1. The van der Waals surface area contributed by atoms with E-state index in [9.17, 15) is 9.59 Å². The number of nitrogens with zero attached hydrogens (tertiary/aromatic N) is 1. The van der Waals surface area contributed by atoms with Crippen LogP contribution in [0.2, 0.25) is 0 Å². The highest BCUT2D eigenvalue weighted by atomic mass is 32.2. The highest BCUT2D eigenvalue weighted by molar-refractivity contribution is 8.02. The second kappa shape index (κ2) is 8.29. The molecule has 0 aliphatic heterocycles. The number of nitrogens with one attached hydrogen (secondary N) is 1. The lowest BCUT2D eigenvalue weighted by molar-refractivity contribution is -0.115. The summed E-state index contributed by atoms with van der Waals surface area (Å²) in [5.74, 6) is -0.146. The number of thiazole rings is 1. The maximum absolute atomic E-state index is 12.4. The van der Waals surface area contributed by atoms with Crippen LogP contribution in [0.15, 0.2) is 64.3 Å². The molecule has 3 aromatic rings. The second-order valence-corrected chi connectivity index (χ2v) is 8.20. The van der Waals surface area contributed by atoms with Crippen LogP contribution >= 0.6 is 23.1 Å². The molecule has 0 fully saturated rings. The molecule has 1 aromatic heterocycles. The Hall–Kier alpha value is -2.44. The quantitative estimate of drug-likeness (QED) is 0.474. The van der Waals surface area contributed by atoms with E-state index in [0.717, 1.165) is 15.6 Å². The van der Waals surface area contributed by atoms with Crippen molar-refractivity contribution >= 4 is 40.5 Å². The van der Waals surface area contributed by atoms with Crippen LogP contribution in [0.5, 0.6) is 0 Å². The summed E-state index contributed by atoms with van der Waals surface area (Å²) in [5.41, 5.74) is 3.18. The van der Waals surface area contributed by atoms with Gasteiger partial charge in [-0.05, 0) is 26.0 Å². The van der Waals surface area contributed by atoms with Crippen LogP contribution in [-0.2, 0) is 4.79 Å². The first-order valence-electron chi connectivity index (χ1n) is 8.12. The molecule has 0 radical (unpaired) electrons. The highest BCUT2D eigenvalue weighted by Gasteiger charge is 2.17. The van der Waals surface area contributed by atoms with Crippen LogP contribution in [0.3, 0.4) is 0 Å². The Bertz CT molecular complexity index is 922. The first kappa shape index (κ1) is 18.4. The van der Waals surface area contributed by atoms with Crippen LogP contribution in [0.4, 0.5) is 5.69 Å². The number of rotatable bonds is 6. The Labute approximate surface area is 160 Å². The molecule has 0 saturated carbocycles. The van der Waals surface area contributed by atoms with Crippen LogP contribution in [0.1, 0.15) is 24.2 Å². The summed E-state index contributed by atoms with van der Waals surface area (Å²) >= 11 is 2.96. The van der Waals surface area contributed by atoms with E-state index < -0.39 is 0 Å². The summed E-state index contributed by atoms with van der Waals surface area (Å²) in [6.07, 6.45) is 0. The van der Waals surface area contributed by atoms with Gasteiger partial charge in [-0.3, -0.25) is 9.59 Å². The van der Waals surface area contributed by atoms with Crippen molar-refractivity contribution in [1.82, 2.24) is 4.98 Å². The van der Waals surface area contributed by atoms with Crippen molar-refractivity contribution in [2.24, 2.45) is 0 Å². The van der Waals surface area contributed by atoms with Gasteiger partial charge in [0.05, 0.1) is 10.9 Å². The van der Waals surface area contributed by atoms with Crippen molar-refractivity contribution in [2.45, 2.75) is 23.4 Å². The molecule has 4 nitrogen and oxygen atoms in total. The molecule has 1 amide bonds. The minimum atomic E-state index is -0.300. The molecule has 0 aliphatic carbocycles. The molecule has 0 unspecified atom stereocenters. The minimum Gasteiger partial charge on any atom is -0.325 e. The lowest BCUT2D eigenvalue weighted by atomic mass is 10.1. The van der Waals surface area contributed by atoms with Gasteiger partial charge in [0.1, 0.15) is 0 Å². The van der Waals surface area contributed by atoms with Crippen LogP contribution < -0.4 is 5.32 Å².